The number of amides is 6. The fourth-order valence-electron chi connectivity index (χ4n) is 6.99. The molecule has 42 heavy (non-hydrogen) atoms. The van der Waals surface area contributed by atoms with E-state index in [-0.39, 0.29) is 40.8 Å². The van der Waals surface area contributed by atoms with Crippen molar-refractivity contribution in [2.75, 3.05) is 51.9 Å². The number of likely N-dealkylation sites (N-methyl/N-ethyl adjacent to an activating group) is 2. The number of urea groups is 1. The molecular weight excluding hydrogens is 576 g/mol. The summed E-state index contributed by atoms with van der Waals surface area (Å²) >= 11 is 2.94. The molecule has 4 fully saturated rings. The minimum atomic E-state index is -0.788. The van der Waals surface area contributed by atoms with Crippen LogP contribution in [-0.2, 0) is 23.9 Å². The monoisotopic (exact) mass is 622 g/mol. The zero-order valence-electron chi connectivity index (χ0n) is 25.7. The molecule has 12 heteroatoms. The Hall–Kier alpha value is -2.05. The van der Waals surface area contributed by atoms with Crippen LogP contribution >= 0.6 is 23.5 Å². The van der Waals surface area contributed by atoms with Gasteiger partial charge in [0, 0.05) is 39.1 Å². The van der Waals surface area contributed by atoms with E-state index in [0.717, 1.165) is 25.7 Å². The molecule has 234 valence electrons. The van der Waals surface area contributed by atoms with Gasteiger partial charge in [0.15, 0.2) is 0 Å². The quantitative estimate of drug-likeness (QED) is 0.1000. The summed E-state index contributed by atoms with van der Waals surface area (Å²) < 4.78 is 5.97. The first-order chi connectivity index (χ1) is 20.1. The van der Waals surface area contributed by atoms with Gasteiger partial charge < -0.3 is 14.5 Å². The first-order valence-electron chi connectivity index (χ1n) is 15.3. The highest BCUT2D eigenvalue weighted by Gasteiger charge is 2.68. The van der Waals surface area contributed by atoms with Crippen LogP contribution in [0.4, 0.5) is 4.79 Å². The minimum absolute atomic E-state index is 0.0935. The summed E-state index contributed by atoms with van der Waals surface area (Å²) in [5.74, 6) is 0.698. The van der Waals surface area contributed by atoms with Crippen LogP contribution in [0.1, 0.15) is 72.1 Å². The first kappa shape index (κ1) is 32.9. The molecule has 0 aromatic carbocycles. The number of imide groups is 2. The number of ether oxygens (including phenoxy) is 1. The Bertz CT molecular complexity index is 1090. The highest BCUT2D eigenvalue weighted by atomic mass is 32.2. The van der Waals surface area contributed by atoms with Crippen molar-refractivity contribution in [3.8, 4) is 0 Å². The average Bonchev–Trinajstić information content (AvgIpc) is 3.11. The molecule has 0 aromatic rings. The number of rotatable bonds is 13. The lowest BCUT2D eigenvalue weighted by molar-refractivity contribution is -0.154. The Labute approximate surface area is 258 Å². The van der Waals surface area contributed by atoms with E-state index < -0.39 is 11.4 Å². The first-order valence-corrected chi connectivity index (χ1v) is 17.3. The average molecular weight is 623 g/mol. The highest BCUT2D eigenvalue weighted by Crippen LogP contribution is 2.61. The van der Waals surface area contributed by atoms with Gasteiger partial charge in [-0.3, -0.25) is 29.0 Å². The van der Waals surface area contributed by atoms with Gasteiger partial charge in [0.1, 0.15) is 11.1 Å². The molecule has 2 aliphatic carbocycles. The number of hydrogen-bond donors (Lipinski definition) is 0. The Kier molecular flexibility index (Phi) is 10.7. The van der Waals surface area contributed by atoms with Gasteiger partial charge in [-0.15, -0.1) is 23.5 Å². The molecule has 4 aliphatic rings. The van der Waals surface area contributed by atoms with Crippen LogP contribution in [0.2, 0.25) is 0 Å². The lowest BCUT2D eigenvalue weighted by Crippen LogP contribution is -2.65. The fraction of sp³-hybridized carbons (Fsp3) is 0.767. The van der Waals surface area contributed by atoms with E-state index in [4.69, 9.17) is 4.74 Å². The maximum absolute atomic E-state index is 14.0. The van der Waals surface area contributed by atoms with Gasteiger partial charge in [0.25, 0.3) is 17.7 Å². The lowest BCUT2D eigenvalue weighted by atomic mass is 9.51. The third-order valence-electron chi connectivity index (χ3n) is 9.35. The Balaban J connectivity index is 1.48. The van der Waals surface area contributed by atoms with E-state index in [1.54, 1.807) is 23.9 Å². The van der Waals surface area contributed by atoms with E-state index in [0.29, 0.717) is 74.1 Å². The van der Waals surface area contributed by atoms with Crippen molar-refractivity contribution in [1.29, 1.82) is 0 Å². The SMILES string of the molecule is CCCCN(C)C(=O)C(C(=O)N(C=O)C1CCC2(CC1)CC1(C2)C(=O)N(C)C(=O)N1CC1COC1)=C(SCC)SCC. The predicted molar refractivity (Wildman–Crippen MR) is 165 cm³/mol. The molecule has 2 heterocycles. The normalized spacial score (nSPS) is 27.2. The molecule has 10 nitrogen and oxygen atoms in total. The van der Waals surface area contributed by atoms with Crippen molar-refractivity contribution in [1.82, 2.24) is 19.6 Å². The molecule has 2 aliphatic heterocycles. The van der Waals surface area contributed by atoms with Crippen LogP contribution in [0.3, 0.4) is 0 Å². The number of unbranched alkanes of at least 4 members (excludes halogenated alkanes) is 1. The molecule has 6 amide bonds. The fourth-order valence-corrected chi connectivity index (χ4v) is 9.19. The van der Waals surface area contributed by atoms with Gasteiger partial charge in [0.05, 0.1) is 17.5 Å². The molecule has 0 radical (unpaired) electrons. The molecule has 4 rings (SSSR count). The van der Waals surface area contributed by atoms with E-state index in [1.165, 1.54) is 33.3 Å². The molecule has 0 N–H and O–H groups in total. The van der Waals surface area contributed by atoms with Crippen molar-refractivity contribution in [3.63, 3.8) is 0 Å². The van der Waals surface area contributed by atoms with E-state index >= 15 is 0 Å². The second-order valence-corrected chi connectivity index (χ2v) is 15.0. The second-order valence-electron chi connectivity index (χ2n) is 12.2. The molecular formula is C30H46N4O6S2. The summed E-state index contributed by atoms with van der Waals surface area (Å²) in [7, 11) is 3.28. The molecule has 0 unspecified atom stereocenters. The maximum Gasteiger partial charge on any atom is 0.327 e. The Morgan fingerprint density at radius 1 is 1.05 bits per heavy atom. The summed E-state index contributed by atoms with van der Waals surface area (Å²) in [6.45, 7) is 8.33. The van der Waals surface area contributed by atoms with Crippen LogP contribution in [0.25, 0.3) is 0 Å². The van der Waals surface area contributed by atoms with E-state index in [1.807, 2.05) is 13.8 Å². The number of carbonyl (C=O) groups is 5. The van der Waals surface area contributed by atoms with Gasteiger partial charge >= 0.3 is 6.03 Å². The molecule has 0 aromatic heterocycles. The molecule has 2 saturated heterocycles. The van der Waals surface area contributed by atoms with Crippen LogP contribution in [-0.4, -0.2) is 113 Å². The number of nitrogens with zero attached hydrogens (tertiary/aromatic N) is 4. The number of carbonyl (C=O) groups excluding carboxylic acids is 5. The minimum Gasteiger partial charge on any atom is -0.381 e. The lowest BCUT2D eigenvalue weighted by Gasteiger charge is -2.59. The van der Waals surface area contributed by atoms with E-state index in [2.05, 4.69) is 6.92 Å². The number of hydrogen-bond acceptors (Lipinski definition) is 8. The van der Waals surface area contributed by atoms with Crippen molar-refractivity contribution < 1.29 is 28.7 Å². The van der Waals surface area contributed by atoms with Crippen molar-refractivity contribution in [3.05, 3.63) is 9.81 Å². The standard InChI is InChI=1S/C30H46N4O6S2/c1-6-9-14-31(4)24(36)23(26(41-7-2)42-8-3)25(37)33(20-35)22-10-12-29(13-11-22)18-30(19-29)27(38)32(5)28(39)34(30)15-21-16-40-17-21/h20-22H,6-19H2,1-5H3. The summed E-state index contributed by atoms with van der Waals surface area (Å²) in [6.07, 6.45) is 6.31. The summed E-state index contributed by atoms with van der Waals surface area (Å²) in [4.78, 5) is 72.1. The van der Waals surface area contributed by atoms with Gasteiger partial charge in [-0.25, -0.2) is 4.79 Å². The second kappa shape index (κ2) is 13.7. The largest absolute Gasteiger partial charge is 0.381 e. The van der Waals surface area contributed by atoms with Crippen LogP contribution in [0.15, 0.2) is 9.81 Å². The van der Waals surface area contributed by atoms with Crippen molar-refractivity contribution in [2.45, 2.75) is 83.7 Å². The van der Waals surface area contributed by atoms with Crippen LogP contribution in [0.5, 0.6) is 0 Å². The van der Waals surface area contributed by atoms with Crippen LogP contribution in [0, 0.1) is 11.3 Å². The Morgan fingerprint density at radius 3 is 2.17 bits per heavy atom. The van der Waals surface area contributed by atoms with Crippen molar-refractivity contribution >= 4 is 53.7 Å². The molecule has 2 spiro atoms. The van der Waals surface area contributed by atoms with Gasteiger partial charge in [-0.1, -0.05) is 27.2 Å². The molecule has 0 atom stereocenters. The zero-order chi connectivity index (χ0) is 30.7. The third-order valence-corrected chi connectivity index (χ3v) is 11.6. The Morgan fingerprint density at radius 2 is 1.67 bits per heavy atom. The van der Waals surface area contributed by atoms with Crippen molar-refractivity contribution in [2.24, 2.45) is 11.3 Å². The third kappa shape index (κ3) is 6.13. The topological polar surface area (TPSA) is 108 Å². The summed E-state index contributed by atoms with van der Waals surface area (Å²) in [5, 5.41) is 0. The summed E-state index contributed by atoms with van der Waals surface area (Å²) in [5.41, 5.74) is -0.792. The highest BCUT2D eigenvalue weighted by molar-refractivity contribution is 8.22. The van der Waals surface area contributed by atoms with Gasteiger partial charge in [-0.05, 0) is 61.9 Å². The smallest absolute Gasteiger partial charge is 0.327 e. The predicted octanol–water partition coefficient (Wildman–Crippen LogP) is 3.95. The maximum atomic E-state index is 14.0. The van der Waals surface area contributed by atoms with Crippen LogP contribution < -0.4 is 0 Å². The molecule has 0 bridgehead atoms. The molecule has 2 saturated carbocycles. The zero-order valence-corrected chi connectivity index (χ0v) is 27.3. The number of thioether (sulfide) groups is 2. The summed E-state index contributed by atoms with van der Waals surface area (Å²) in [6, 6.07) is -0.543. The van der Waals surface area contributed by atoms with E-state index in [9.17, 15) is 24.0 Å². The van der Waals surface area contributed by atoms with Gasteiger partial charge in [0.2, 0.25) is 6.41 Å². The van der Waals surface area contributed by atoms with Gasteiger partial charge in [-0.2, -0.15) is 0 Å².